The van der Waals surface area contributed by atoms with Crippen LogP contribution in [0.25, 0.3) is 0 Å². The third-order valence-electron chi connectivity index (χ3n) is 2.14. The highest BCUT2D eigenvalue weighted by molar-refractivity contribution is 5.66. The van der Waals surface area contributed by atoms with Crippen molar-refractivity contribution in [2.45, 2.75) is 25.8 Å². The summed E-state index contributed by atoms with van der Waals surface area (Å²) in [7, 11) is 0. The number of nitro groups is 1. The zero-order valence-corrected chi connectivity index (χ0v) is 9.29. The van der Waals surface area contributed by atoms with Gasteiger partial charge in [0.15, 0.2) is 0 Å². The number of hydrogen-bond donors (Lipinski definition) is 2. The molecule has 0 radical (unpaired) electrons. The van der Waals surface area contributed by atoms with Crippen molar-refractivity contribution < 1.29 is 14.8 Å². The second-order valence-corrected chi connectivity index (χ2v) is 3.64. The summed E-state index contributed by atoms with van der Waals surface area (Å²) in [5, 5.41) is 21.9. The van der Waals surface area contributed by atoms with Crippen LogP contribution in [-0.2, 0) is 4.79 Å². The SMILES string of the molecule is CC(CCC(=O)O)Nc1ccc([N+](=O)[O-])cn1. The van der Waals surface area contributed by atoms with Gasteiger partial charge >= 0.3 is 5.97 Å². The second-order valence-electron chi connectivity index (χ2n) is 3.64. The zero-order chi connectivity index (χ0) is 12.8. The van der Waals surface area contributed by atoms with Gasteiger partial charge in [-0.2, -0.15) is 0 Å². The fraction of sp³-hybridized carbons (Fsp3) is 0.400. The van der Waals surface area contributed by atoms with Gasteiger partial charge in [-0.1, -0.05) is 0 Å². The smallest absolute Gasteiger partial charge is 0.303 e. The summed E-state index contributed by atoms with van der Waals surface area (Å²) in [6, 6.07) is 2.79. The summed E-state index contributed by atoms with van der Waals surface area (Å²) in [5.41, 5.74) is -0.0752. The Hall–Kier alpha value is -2.18. The molecule has 0 aliphatic heterocycles. The number of rotatable bonds is 6. The number of nitrogens with one attached hydrogen (secondary N) is 1. The minimum atomic E-state index is -0.852. The van der Waals surface area contributed by atoms with Crippen LogP contribution >= 0.6 is 0 Å². The van der Waals surface area contributed by atoms with Crippen LogP contribution in [0.15, 0.2) is 18.3 Å². The number of anilines is 1. The Labute approximate surface area is 97.6 Å². The Morgan fingerprint density at radius 1 is 1.65 bits per heavy atom. The molecule has 92 valence electrons. The van der Waals surface area contributed by atoms with E-state index in [0.29, 0.717) is 12.2 Å². The molecule has 1 aromatic heterocycles. The van der Waals surface area contributed by atoms with E-state index in [1.54, 1.807) is 0 Å². The summed E-state index contributed by atoms with van der Waals surface area (Å²) in [6.45, 7) is 1.83. The molecule has 7 nitrogen and oxygen atoms in total. The van der Waals surface area contributed by atoms with E-state index in [1.807, 2.05) is 6.92 Å². The van der Waals surface area contributed by atoms with Crippen molar-refractivity contribution in [3.8, 4) is 0 Å². The number of aromatic nitrogens is 1. The molecule has 0 aromatic carbocycles. The number of carboxylic acid groups (broad SMARTS) is 1. The Morgan fingerprint density at radius 3 is 2.82 bits per heavy atom. The van der Waals surface area contributed by atoms with Crippen LogP contribution < -0.4 is 5.32 Å². The monoisotopic (exact) mass is 239 g/mol. The highest BCUT2D eigenvalue weighted by atomic mass is 16.6. The van der Waals surface area contributed by atoms with Gasteiger partial charge in [-0.05, 0) is 19.4 Å². The van der Waals surface area contributed by atoms with E-state index in [4.69, 9.17) is 5.11 Å². The van der Waals surface area contributed by atoms with Crippen LogP contribution in [0.5, 0.6) is 0 Å². The number of carboxylic acids is 1. The fourth-order valence-electron chi connectivity index (χ4n) is 1.24. The maximum Gasteiger partial charge on any atom is 0.303 e. The second kappa shape index (κ2) is 5.78. The third-order valence-corrected chi connectivity index (χ3v) is 2.14. The maximum absolute atomic E-state index is 10.4. The molecule has 1 unspecified atom stereocenters. The van der Waals surface area contributed by atoms with E-state index in [0.717, 1.165) is 6.20 Å². The number of carbonyl (C=O) groups is 1. The first kappa shape index (κ1) is 12.9. The summed E-state index contributed by atoms with van der Waals surface area (Å²) >= 11 is 0. The van der Waals surface area contributed by atoms with Crippen molar-refractivity contribution in [2.24, 2.45) is 0 Å². The van der Waals surface area contributed by atoms with Crippen LogP contribution in [0.3, 0.4) is 0 Å². The lowest BCUT2D eigenvalue weighted by atomic mass is 10.2. The first-order valence-corrected chi connectivity index (χ1v) is 5.08. The van der Waals surface area contributed by atoms with Gasteiger partial charge in [-0.25, -0.2) is 4.98 Å². The minimum Gasteiger partial charge on any atom is -0.481 e. The largest absolute Gasteiger partial charge is 0.481 e. The summed E-state index contributed by atoms with van der Waals surface area (Å²) in [4.78, 5) is 24.1. The van der Waals surface area contributed by atoms with Gasteiger partial charge in [-0.15, -0.1) is 0 Å². The van der Waals surface area contributed by atoms with E-state index in [9.17, 15) is 14.9 Å². The quantitative estimate of drug-likeness (QED) is 0.577. The Kier molecular flexibility index (Phi) is 4.38. The predicted molar refractivity (Wildman–Crippen MR) is 60.8 cm³/mol. The first-order valence-electron chi connectivity index (χ1n) is 5.08. The topological polar surface area (TPSA) is 105 Å². The van der Waals surface area contributed by atoms with Crippen LogP contribution in [0.2, 0.25) is 0 Å². The van der Waals surface area contributed by atoms with Crippen molar-refractivity contribution in [3.63, 3.8) is 0 Å². The molecule has 0 amide bonds. The minimum absolute atomic E-state index is 0.0555. The van der Waals surface area contributed by atoms with Gasteiger partial charge in [0.05, 0.1) is 4.92 Å². The average molecular weight is 239 g/mol. The molecule has 1 atom stereocenters. The molecule has 7 heteroatoms. The van der Waals surface area contributed by atoms with E-state index in [1.165, 1.54) is 12.1 Å². The lowest BCUT2D eigenvalue weighted by Gasteiger charge is -2.12. The van der Waals surface area contributed by atoms with Crippen molar-refractivity contribution in [3.05, 3.63) is 28.4 Å². The lowest BCUT2D eigenvalue weighted by molar-refractivity contribution is -0.385. The van der Waals surface area contributed by atoms with Crippen molar-refractivity contribution in [2.75, 3.05) is 5.32 Å². The summed E-state index contributed by atoms with van der Waals surface area (Å²) in [5.74, 6) is -0.358. The highest BCUT2D eigenvalue weighted by Gasteiger charge is 2.08. The van der Waals surface area contributed by atoms with Crippen LogP contribution in [-0.4, -0.2) is 27.0 Å². The van der Waals surface area contributed by atoms with Gasteiger partial charge in [0.1, 0.15) is 12.0 Å². The van der Waals surface area contributed by atoms with Gasteiger partial charge in [0.25, 0.3) is 5.69 Å². The Morgan fingerprint density at radius 2 is 2.35 bits per heavy atom. The van der Waals surface area contributed by atoms with Crippen molar-refractivity contribution in [1.82, 2.24) is 4.98 Å². The normalized spacial score (nSPS) is 11.8. The molecule has 1 aromatic rings. The predicted octanol–water partition coefficient (Wildman–Crippen LogP) is 1.65. The van der Waals surface area contributed by atoms with Gasteiger partial charge in [0.2, 0.25) is 0 Å². The Bertz CT molecular complexity index is 405. The van der Waals surface area contributed by atoms with Gasteiger partial charge in [0, 0.05) is 18.5 Å². The zero-order valence-electron chi connectivity index (χ0n) is 9.29. The van der Waals surface area contributed by atoms with Crippen molar-refractivity contribution in [1.29, 1.82) is 0 Å². The molecular weight excluding hydrogens is 226 g/mol. The molecule has 0 fully saturated rings. The highest BCUT2D eigenvalue weighted by Crippen LogP contribution is 2.13. The molecular formula is C10H13N3O4. The average Bonchev–Trinajstić information content (AvgIpc) is 2.27. The number of nitrogens with zero attached hydrogens (tertiary/aromatic N) is 2. The van der Waals surface area contributed by atoms with Gasteiger partial charge in [-0.3, -0.25) is 14.9 Å². The van der Waals surface area contributed by atoms with Gasteiger partial charge < -0.3 is 10.4 Å². The number of aliphatic carboxylic acids is 1. The molecule has 17 heavy (non-hydrogen) atoms. The molecule has 0 spiro atoms. The van der Waals surface area contributed by atoms with E-state index < -0.39 is 10.9 Å². The van der Waals surface area contributed by atoms with E-state index in [-0.39, 0.29) is 18.2 Å². The van der Waals surface area contributed by atoms with Crippen molar-refractivity contribution >= 4 is 17.5 Å². The van der Waals surface area contributed by atoms with E-state index in [2.05, 4.69) is 10.3 Å². The van der Waals surface area contributed by atoms with E-state index >= 15 is 0 Å². The molecule has 0 saturated heterocycles. The Balaban J connectivity index is 2.51. The maximum atomic E-state index is 10.4. The van der Waals surface area contributed by atoms with Crippen LogP contribution in [0, 0.1) is 10.1 Å². The first-order chi connectivity index (χ1) is 7.99. The lowest BCUT2D eigenvalue weighted by Crippen LogP contribution is -2.17. The fourth-order valence-corrected chi connectivity index (χ4v) is 1.24. The summed E-state index contributed by atoms with van der Waals surface area (Å²) in [6.07, 6.45) is 1.70. The molecule has 0 aliphatic carbocycles. The molecule has 0 bridgehead atoms. The molecule has 1 rings (SSSR count). The number of pyridine rings is 1. The third kappa shape index (κ3) is 4.45. The summed E-state index contributed by atoms with van der Waals surface area (Å²) < 4.78 is 0. The standard InChI is InChI=1S/C10H13N3O4/c1-7(2-5-10(14)15)12-9-4-3-8(6-11-9)13(16)17/h3-4,6-7H,2,5H2,1H3,(H,11,12)(H,14,15). The molecule has 1 heterocycles. The van der Waals surface area contributed by atoms with Crippen LogP contribution in [0.4, 0.5) is 11.5 Å². The van der Waals surface area contributed by atoms with Crippen LogP contribution in [0.1, 0.15) is 19.8 Å². The molecule has 0 saturated carbocycles. The number of hydrogen-bond acceptors (Lipinski definition) is 5. The molecule has 0 aliphatic rings. The molecule has 2 N–H and O–H groups in total.